The predicted octanol–water partition coefficient (Wildman–Crippen LogP) is 2.52. The third-order valence-corrected chi connectivity index (χ3v) is 4.75. The van der Waals surface area contributed by atoms with E-state index >= 15 is 0 Å². The monoisotopic (exact) mass is 399 g/mol. The summed E-state index contributed by atoms with van der Waals surface area (Å²) >= 11 is 1.23. The van der Waals surface area contributed by atoms with Gasteiger partial charge >= 0.3 is 0 Å². The Kier molecular flexibility index (Phi) is 5.29. The summed E-state index contributed by atoms with van der Waals surface area (Å²) in [4.78, 5) is 12.4. The second-order valence-electron chi connectivity index (χ2n) is 5.68. The second-order valence-corrected chi connectivity index (χ2v) is 6.62. The van der Waals surface area contributed by atoms with Crippen molar-refractivity contribution in [3.8, 4) is 22.9 Å². The molecule has 144 valence electrons. The van der Waals surface area contributed by atoms with Gasteiger partial charge < -0.3 is 19.5 Å². The molecule has 4 rings (SSSR count). The van der Waals surface area contributed by atoms with Crippen molar-refractivity contribution in [2.24, 2.45) is 0 Å². The molecule has 28 heavy (non-hydrogen) atoms. The van der Waals surface area contributed by atoms with Crippen molar-refractivity contribution >= 4 is 23.4 Å². The molecule has 0 radical (unpaired) electrons. The summed E-state index contributed by atoms with van der Waals surface area (Å²) < 4.78 is 17.8. The van der Waals surface area contributed by atoms with E-state index in [0.29, 0.717) is 34.7 Å². The lowest BCUT2D eigenvalue weighted by atomic mass is 10.3. The Morgan fingerprint density at radius 3 is 3.00 bits per heavy atom. The van der Waals surface area contributed by atoms with Crippen LogP contribution in [-0.4, -0.2) is 45.3 Å². The normalized spacial score (nSPS) is 12.0. The van der Waals surface area contributed by atoms with Crippen LogP contribution in [0.4, 0.5) is 5.69 Å². The van der Waals surface area contributed by atoms with Gasteiger partial charge in [-0.1, -0.05) is 23.9 Å². The summed E-state index contributed by atoms with van der Waals surface area (Å²) in [6.45, 7) is 2.61. The second kappa shape index (κ2) is 8.17. The van der Waals surface area contributed by atoms with Gasteiger partial charge in [0.25, 0.3) is 0 Å². The van der Waals surface area contributed by atoms with Gasteiger partial charge in [-0.15, -0.1) is 5.10 Å². The van der Waals surface area contributed by atoms with Crippen molar-refractivity contribution in [1.82, 2.24) is 20.2 Å². The number of nitrogens with one attached hydrogen (secondary N) is 1. The minimum absolute atomic E-state index is 0.144. The lowest BCUT2D eigenvalue weighted by Crippen LogP contribution is -2.15. The van der Waals surface area contributed by atoms with Gasteiger partial charge in [-0.3, -0.25) is 4.79 Å². The summed E-state index contributed by atoms with van der Waals surface area (Å²) in [7, 11) is 0. The van der Waals surface area contributed by atoms with Gasteiger partial charge in [-0.25, -0.2) is 0 Å². The molecule has 1 N–H and O–H groups in total. The van der Waals surface area contributed by atoms with E-state index in [4.69, 9.17) is 14.2 Å². The Bertz CT molecular complexity index is 994. The minimum atomic E-state index is -0.183. The van der Waals surface area contributed by atoms with Crippen LogP contribution in [0.5, 0.6) is 17.2 Å². The van der Waals surface area contributed by atoms with Gasteiger partial charge in [0.15, 0.2) is 11.5 Å². The number of rotatable bonds is 7. The van der Waals surface area contributed by atoms with Gasteiger partial charge in [0, 0.05) is 6.07 Å². The van der Waals surface area contributed by atoms with E-state index in [0.717, 1.165) is 5.69 Å². The number of carbonyl (C=O) groups is 1. The van der Waals surface area contributed by atoms with Crippen LogP contribution in [0, 0.1) is 0 Å². The number of para-hydroxylation sites is 2. The molecule has 1 aromatic heterocycles. The fourth-order valence-electron chi connectivity index (χ4n) is 2.62. The Morgan fingerprint density at radius 1 is 1.25 bits per heavy atom. The summed E-state index contributed by atoms with van der Waals surface area (Å²) in [6, 6.07) is 12.7. The molecule has 1 amide bonds. The smallest absolute Gasteiger partial charge is 0.234 e. The fraction of sp³-hybridized carbons (Fsp3) is 0.222. The highest BCUT2D eigenvalue weighted by Crippen LogP contribution is 2.34. The zero-order chi connectivity index (χ0) is 19.3. The number of aromatic nitrogens is 4. The highest BCUT2D eigenvalue weighted by atomic mass is 32.2. The SMILES string of the molecule is CCOc1ccccc1NC(=O)CSc1nnnn1-c1ccc2c(c1)OCO2. The fourth-order valence-corrected chi connectivity index (χ4v) is 3.31. The van der Waals surface area contributed by atoms with Crippen LogP contribution in [0.25, 0.3) is 5.69 Å². The first kappa shape index (κ1) is 18.1. The number of tetrazole rings is 1. The third kappa shape index (κ3) is 3.86. The van der Waals surface area contributed by atoms with Gasteiger partial charge in [-0.2, -0.15) is 4.68 Å². The van der Waals surface area contributed by atoms with Crippen LogP contribution in [-0.2, 0) is 4.79 Å². The Hall–Kier alpha value is -3.27. The largest absolute Gasteiger partial charge is 0.492 e. The predicted molar refractivity (Wildman–Crippen MR) is 102 cm³/mol. The molecule has 0 fully saturated rings. The number of carbonyl (C=O) groups excluding carboxylic acids is 1. The molecule has 0 unspecified atom stereocenters. The molecule has 0 saturated heterocycles. The number of thioether (sulfide) groups is 1. The van der Waals surface area contributed by atoms with Crippen LogP contribution >= 0.6 is 11.8 Å². The Labute approximate surface area is 165 Å². The van der Waals surface area contributed by atoms with Crippen molar-refractivity contribution < 1.29 is 19.0 Å². The number of amides is 1. The first-order valence-corrected chi connectivity index (χ1v) is 9.56. The van der Waals surface area contributed by atoms with Crippen molar-refractivity contribution in [3.63, 3.8) is 0 Å². The molecule has 0 saturated carbocycles. The summed E-state index contributed by atoms with van der Waals surface area (Å²) in [5, 5.41) is 15.1. The van der Waals surface area contributed by atoms with Gasteiger partial charge in [0.05, 0.1) is 23.7 Å². The molecule has 2 aromatic carbocycles. The van der Waals surface area contributed by atoms with Crippen molar-refractivity contribution in [3.05, 3.63) is 42.5 Å². The van der Waals surface area contributed by atoms with E-state index in [2.05, 4.69) is 20.8 Å². The molecule has 0 spiro atoms. The van der Waals surface area contributed by atoms with E-state index in [9.17, 15) is 4.79 Å². The summed E-state index contributed by atoms with van der Waals surface area (Å²) in [5.74, 6) is 1.91. The number of anilines is 1. The Balaban J connectivity index is 1.42. The maximum Gasteiger partial charge on any atom is 0.234 e. The third-order valence-electron chi connectivity index (χ3n) is 3.83. The van der Waals surface area contributed by atoms with Crippen LogP contribution in [0.15, 0.2) is 47.6 Å². The van der Waals surface area contributed by atoms with Gasteiger partial charge in [0.1, 0.15) is 5.75 Å². The Morgan fingerprint density at radius 2 is 2.11 bits per heavy atom. The van der Waals surface area contributed by atoms with E-state index in [1.54, 1.807) is 22.9 Å². The topological polar surface area (TPSA) is 100 Å². The first-order chi connectivity index (χ1) is 13.7. The molecule has 10 heteroatoms. The molecule has 0 aliphatic carbocycles. The molecule has 2 heterocycles. The average molecular weight is 399 g/mol. The lowest BCUT2D eigenvalue weighted by Gasteiger charge is -2.11. The number of ether oxygens (including phenoxy) is 3. The minimum Gasteiger partial charge on any atom is -0.492 e. The highest BCUT2D eigenvalue weighted by molar-refractivity contribution is 7.99. The van der Waals surface area contributed by atoms with E-state index in [1.165, 1.54) is 11.8 Å². The first-order valence-electron chi connectivity index (χ1n) is 8.57. The molecule has 0 bridgehead atoms. The number of hydrogen-bond acceptors (Lipinski definition) is 8. The van der Waals surface area contributed by atoms with Crippen molar-refractivity contribution in [2.75, 3.05) is 24.5 Å². The average Bonchev–Trinajstić information content (AvgIpc) is 3.36. The number of nitrogens with zero attached hydrogens (tertiary/aromatic N) is 4. The van der Waals surface area contributed by atoms with E-state index in [1.807, 2.05) is 31.2 Å². The molecular formula is C18H17N5O4S. The molecular weight excluding hydrogens is 382 g/mol. The summed E-state index contributed by atoms with van der Waals surface area (Å²) in [6.07, 6.45) is 0. The molecule has 0 atom stereocenters. The maximum absolute atomic E-state index is 12.4. The van der Waals surface area contributed by atoms with Crippen LogP contribution in [0.2, 0.25) is 0 Å². The molecule has 1 aliphatic rings. The number of fused-ring (bicyclic) bond motifs is 1. The van der Waals surface area contributed by atoms with Crippen LogP contribution in [0.3, 0.4) is 0 Å². The summed E-state index contributed by atoms with van der Waals surface area (Å²) in [5.41, 5.74) is 1.35. The number of benzene rings is 2. The molecule has 3 aromatic rings. The maximum atomic E-state index is 12.4. The van der Waals surface area contributed by atoms with Crippen LogP contribution < -0.4 is 19.5 Å². The standard InChI is InChI=1S/C18H17N5O4S/c1-2-25-14-6-4-3-5-13(14)19-17(24)10-28-18-20-21-22-23(18)12-7-8-15-16(9-12)27-11-26-15/h3-9H,2,10-11H2,1H3,(H,19,24). The van der Waals surface area contributed by atoms with Crippen molar-refractivity contribution in [1.29, 1.82) is 0 Å². The van der Waals surface area contributed by atoms with Gasteiger partial charge in [0.2, 0.25) is 17.9 Å². The molecule has 1 aliphatic heterocycles. The van der Waals surface area contributed by atoms with Gasteiger partial charge in [-0.05, 0) is 41.6 Å². The zero-order valence-corrected chi connectivity index (χ0v) is 15.8. The van der Waals surface area contributed by atoms with Crippen molar-refractivity contribution in [2.45, 2.75) is 12.1 Å². The number of hydrogen-bond donors (Lipinski definition) is 1. The molecule has 9 nitrogen and oxygen atoms in total. The highest BCUT2D eigenvalue weighted by Gasteiger charge is 2.17. The van der Waals surface area contributed by atoms with E-state index < -0.39 is 0 Å². The van der Waals surface area contributed by atoms with Crippen LogP contribution in [0.1, 0.15) is 6.92 Å². The van der Waals surface area contributed by atoms with E-state index in [-0.39, 0.29) is 18.5 Å². The quantitative estimate of drug-likeness (QED) is 0.605. The lowest BCUT2D eigenvalue weighted by molar-refractivity contribution is -0.113. The zero-order valence-electron chi connectivity index (χ0n) is 15.0.